The van der Waals surface area contributed by atoms with Crippen LogP contribution in [0.25, 0.3) is 0 Å². The van der Waals surface area contributed by atoms with Gasteiger partial charge in [0.2, 0.25) is 0 Å². The molecule has 0 spiro atoms. The number of hydrogen-bond donors (Lipinski definition) is 2. The van der Waals surface area contributed by atoms with E-state index in [9.17, 15) is 18.0 Å². The van der Waals surface area contributed by atoms with Gasteiger partial charge >= 0.3 is 12.1 Å². The summed E-state index contributed by atoms with van der Waals surface area (Å²) in [5, 5.41) is 11.6. The number of carboxylic acid groups (broad SMARTS) is 1. The third-order valence-corrected chi connectivity index (χ3v) is 2.50. The first-order valence-electron chi connectivity index (χ1n) is 5.49. The summed E-state index contributed by atoms with van der Waals surface area (Å²) in [7, 11) is 0. The minimum absolute atomic E-state index is 0.0371. The first-order valence-corrected chi connectivity index (χ1v) is 5.49. The van der Waals surface area contributed by atoms with Crippen LogP contribution in [-0.2, 0) is 6.18 Å². The van der Waals surface area contributed by atoms with Crippen LogP contribution in [-0.4, -0.2) is 16.1 Å². The molecule has 4 nitrogen and oxygen atoms in total. The summed E-state index contributed by atoms with van der Waals surface area (Å²) in [6.07, 6.45) is -2.61. The molecule has 20 heavy (non-hydrogen) atoms. The molecule has 0 aliphatic rings. The average molecular weight is 282 g/mol. The zero-order chi connectivity index (χ0) is 14.8. The predicted molar refractivity (Wildman–Crippen MR) is 65.9 cm³/mol. The van der Waals surface area contributed by atoms with Crippen molar-refractivity contribution in [1.29, 1.82) is 0 Å². The van der Waals surface area contributed by atoms with Gasteiger partial charge in [-0.05, 0) is 18.2 Å². The molecular weight excluding hydrogens is 273 g/mol. The number of nitrogens with one attached hydrogen (secondary N) is 1. The number of carboxylic acids is 1. The highest BCUT2D eigenvalue weighted by atomic mass is 19.4. The number of aromatic carboxylic acids is 1. The molecule has 0 atom stereocenters. The van der Waals surface area contributed by atoms with Crippen LogP contribution in [0.2, 0.25) is 0 Å². The molecule has 0 amide bonds. The molecule has 0 saturated heterocycles. The van der Waals surface area contributed by atoms with Gasteiger partial charge in [0.25, 0.3) is 0 Å². The lowest BCUT2D eigenvalue weighted by atomic mass is 10.1. The van der Waals surface area contributed by atoms with Gasteiger partial charge < -0.3 is 10.4 Å². The molecule has 1 aromatic carbocycles. The summed E-state index contributed by atoms with van der Waals surface area (Å²) in [6.45, 7) is 0. The first-order chi connectivity index (χ1) is 9.38. The molecule has 2 aromatic rings. The third-order valence-electron chi connectivity index (χ3n) is 2.50. The Hall–Kier alpha value is -2.57. The molecule has 2 rings (SSSR count). The first kappa shape index (κ1) is 13.9. The van der Waals surface area contributed by atoms with Gasteiger partial charge in [0.1, 0.15) is 0 Å². The average Bonchev–Trinajstić information content (AvgIpc) is 2.38. The van der Waals surface area contributed by atoms with E-state index < -0.39 is 17.7 Å². The normalized spacial score (nSPS) is 11.2. The molecule has 2 N–H and O–H groups in total. The lowest BCUT2D eigenvalue weighted by Crippen LogP contribution is -2.07. The minimum atomic E-state index is -4.50. The fourth-order valence-electron chi connectivity index (χ4n) is 1.60. The smallest absolute Gasteiger partial charge is 0.417 e. The Balaban J connectivity index is 2.34. The maximum absolute atomic E-state index is 12.6. The van der Waals surface area contributed by atoms with Crippen LogP contribution in [0.3, 0.4) is 0 Å². The lowest BCUT2D eigenvalue weighted by Gasteiger charge is -2.11. The van der Waals surface area contributed by atoms with Crippen molar-refractivity contribution in [3.05, 3.63) is 53.9 Å². The monoisotopic (exact) mass is 282 g/mol. The standard InChI is InChI=1S/C13H9F3N2O2/c14-13(15,16)8-5-9(7-17-6-8)18-11-4-2-1-3-10(11)12(19)20/h1-7,18H,(H,19,20). The van der Waals surface area contributed by atoms with Crippen LogP contribution in [0, 0.1) is 0 Å². The summed E-state index contributed by atoms with van der Waals surface area (Å²) >= 11 is 0. The van der Waals surface area contributed by atoms with Crippen molar-refractivity contribution in [1.82, 2.24) is 4.98 Å². The van der Waals surface area contributed by atoms with Gasteiger partial charge in [-0.2, -0.15) is 13.2 Å². The highest BCUT2D eigenvalue weighted by Gasteiger charge is 2.31. The number of halogens is 3. The van der Waals surface area contributed by atoms with Crippen LogP contribution in [0.5, 0.6) is 0 Å². The van der Waals surface area contributed by atoms with Crippen molar-refractivity contribution >= 4 is 17.3 Å². The number of alkyl halides is 3. The number of para-hydroxylation sites is 1. The largest absolute Gasteiger partial charge is 0.478 e. The van der Waals surface area contributed by atoms with Crippen LogP contribution < -0.4 is 5.32 Å². The van der Waals surface area contributed by atoms with Crippen molar-refractivity contribution in [2.75, 3.05) is 5.32 Å². The quantitative estimate of drug-likeness (QED) is 0.903. The van der Waals surface area contributed by atoms with Crippen molar-refractivity contribution in [3.8, 4) is 0 Å². The minimum Gasteiger partial charge on any atom is -0.478 e. The second kappa shape index (κ2) is 5.20. The van der Waals surface area contributed by atoms with E-state index in [2.05, 4.69) is 10.3 Å². The van der Waals surface area contributed by atoms with Crippen LogP contribution in [0.4, 0.5) is 24.5 Å². The Morgan fingerprint density at radius 2 is 1.90 bits per heavy atom. The fraction of sp³-hybridized carbons (Fsp3) is 0.0769. The van der Waals surface area contributed by atoms with E-state index in [1.165, 1.54) is 24.4 Å². The molecule has 104 valence electrons. The van der Waals surface area contributed by atoms with E-state index in [0.29, 0.717) is 6.20 Å². The predicted octanol–water partition coefficient (Wildman–Crippen LogP) is 3.54. The molecule has 7 heteroatoms. The summed E-state index contributed by atoms with van der Waals surface area (Å²) in [4.78, 5) is 14.5. The zero-order valence-electron chi connectivity index (χ0n) is 9.98. The number of aromatic nitrogens is 1. The Kier molecular flexibility index (Phi) is 3.60. The third kappa shape index (κ3) is 3.05. The number of carbonyl (C=O) groups is 1. The highest BCUT2D eigenvalue weighted by Crippen LogP contribution is 2.31. The second-order valence-electron chi connectivity index (χ2n) is 3.94. The molecule has 0 aliphatic carbocycles. The number of hydrogen-bond acceptors (Lipinski definition) is 3. The number of benzene rings is 1. The maximum atomic E-state index is 12.6. The summed E-state index contributed by atoms with van der Waals surface area (Å²) in [5.74, 6) is -1.17. The molecule has 0 fully saturated rings. The Morgan fingerprint density at radius 3 is 2.55 bits per heavy atom. The van der Waals surface area contributed by atoms with Gasteiger partial charge in [-0.15, -0.1) is 0 Å². The van der Waals surface area contributed by atoms with E-state index in [1.54, 1.807) is 6.07 Å². The van der Waals surface area contributed by atoms with Crippen molar-refractivity contribution in [3.63, 3.8) is 0 Å². The Morgan fingerprint density at radius 1 is 1.20 bits per heavy atom. The van der Waals surface area contributed by atoms with Gasteiger partial charge in [0.15, 0.2) is 0 Å². The fourth-order valence-corrected chi connectivity index (χ4v) is 1.60. The number of pyridine rings is 1. The molecule has 1 heterocycles. The van der Waals surface area contributed by atoms with Gasteiger partial charge in [0, 0.05) is 6.20 Å². The van der Waals surface area contributed by atoms with E-state index in [-0.39, 0.29) is 16.9 Å². The maximum Gasteiger partial charge on any atom is 0.417 e. The van der Waals surface area contributed by atoms with Crippen molar-refractivity contribution in [2.24, 2.45) is 0 Å². The molecule has 0 bridgehead atoms. The van der Waals surface area contributed by atoms with Crippen LogP contribution >= 0.6 is 0 Å². The zero-order valence-corrected chi connectivity index (χ0v) is 9.98. The van der Waals surface area contributed by atoms with Crippen LogP contribution in [0.1, 0.15) is 15.9 Å². The second-order valence-corrected chi connectivity index (χ2v) is 3.94. The highest BCUT2D eigenvalue weighted by molar-refractivity contribution is 5.95. The molecule has 0 radical (unpaired) electrons. The number of anilines is 2. The summed E-state index contributed by atoms with van der Waals surface area (Å²) in [5.41, 5.74) is -0.685. The van der Waals surface area contributed by atoms with E-state index in [4.69, 9.17) is 5.11 Å². The van der Waals surface area contributed by atoms with E-state index in [1.807, 2.05) is 0 Å². The molecule has 0 unspecified atom stereocenters. The number of nitrogens with zero attached hydrogens (tertiary/aromatic N) is 1. The van der Waals surface area contributed by atoms with E-state index in [0.717, 1.165) is 6.07 Å². The lowest BCUT2D eigenvalue weighted by molar-refractivity contribution is -0.137. The summed E-state index contributed by atoms with van der Waals surface area (Å²) in [6, 6.07) is 6.79. The molecule has 0 saturated carbocycles. The summed E-state index contributed by atoms with van der Waals surface area (Å²) < 4.78 is 37.7. The Bertz CT molecular complexity index is 642. The number of rotatable bonds is 3. The van der Waals surface area contributed by atoms with Gasteiger partial charge in [-0.25, -0.2) is 4.79 Å². The van der Waals surface area contributed by atoms with Crippen LogP contribution in [0.15, 0.2) is 42.7 Å². The van der Waals surface area contributed by atoms with Gasteiger partial charge in [-0.3, -0.25) is 4.98 Å². The van der Waals surface area contributed by atoms with Gasteiger partial charge in [-0.1, -0.05) is 12.1 Å². The van der Waals surface area contributed by atoms with Crippen molar-refractivity contribution in [2.45, 2.75) is 6.18 Å². The van der Waals surface area contributed by atoms with Gasteiger partial charge in [0.05, 0.1) is 28.7 Å². The van der Waals surface area contributed by atoms with Crippen molar-refractivity contribution < 1.29 is 23.1 Å². The molecular formula is C13H9F3N2O2. The SMILES string of the molecule is O=C(O)c1ccccc1Nc1cncc(C(F)(F)F)c1. The Labute approximate surface area is 111 Å². The topological polar surface area (TPSA) is 62.2 Å². The van der Waals surface area contributed by atoms with E-state index >= 15 is 0 Å². The molecule has 0 aliphatic heterocycles. The molecule has 1 aromatic heterocycles.